The molecule has 0 aromatic heterocycles. The molecule has 1 atom stereocenters. The van der Waals surface area contributed by atoms with Crippen LogP contribution in [-0.4, -0.2) is 23.7 Å². The molecule has 0 aliphatic heterocycles. The molecule has 1 aromatic carbocycles. The number of nitrogens with one attached hydrogen (secondary N) is 1. The molecule has 18 heavy (non-hydrogen) atoms. The summed E-state index contributed by atoms with van der Waals surface area (Å²) in [5.41, 5.74) is 0.909. The van der Waals surface area contributed by atoms with E-state index in [0.29, 0.717) is 13.0 Å². The summed E-state index contributed by atoms with van der Waals surface area (Å²) in [4.78, 5) is 21.8. The van der Waals surface area contributed by atoms with Crippen LogP contribution in [0.1, 0.15) is 18.9 Å². The van der Waals surface area contributed by atoms with Crippen molar-refractivity contribution in [2.75, 3.05) is 6.54 Å². The Hall–Kier alpha value is -2.04. The zero-order valence-corrected chi connectivity index (χ0v) is 10.3. The normalized spacial score (nSPS) is 11.6. The van der Waals surface area contributed by atoms with Crippen molar-refractivity contribution in [1.29, 1.82) is 0 Å². The number of hydrogen-bond donors (Lipinski definition) is 2. The van der Waals surface area contributed by atoms with Gasteiger partial charge in [-0.2, -0.15) is 0 Å². The van der Waals surface area contributed by atoms with Crippen LogP contribution < -0.4 is 5.32 Å². The molecule has 1 rings (SSSR count). The predicted molar refractivity (Wildman–Crippen MR) is 66.0 cm³/mol. The van der Waals surface area contributed by atoms with Crippen LogP contribution in [0.4, 0.5) is 4.79 Å². The average Bonchev–Trinajstić information content (AvgIpc) is 2.37. The lowest BCUT2D eigenvalue weighted by Gasteiger charge is -2.08. The molecule has 0 saturated carbocycles. The van der Waals surface area contributed by atoms with Gasteiger partial charge in [0.1, 0.15) is 6.61 Å². The zero-order chi connectivity index (χ0) is 13.4. The Balaban J connectivity index is 2.17. The molecule has 0 bridgehead atoms. The molecule has 1 aromatic rings. The van der Waals surface area contributed by atoms with E-state index in [1.807, 2.05) is 30.3 Å². The van der Waals surface area contributed by atoms with Gasteiger partial charge in [0.2, 0.25) is 0 Å². The molecular weight excluding hydrogens is 234 g/mol. The number of amides is 1. The lowest BCUT2D eigenvalue weighted by molar-refractivity contribution is -0.141. The largest absolute Gasteiger partial charge is 0.481 e. The van der Waals surface area contributed by atoms with Crippen LogP contribution in [0.3, 0.4) is 0 Å². The highest BCUT2D eigenvalue weighted by atomic mass is 16.5. The van der Waals surface area contributed by atoms with Gasteiger partial charge in [-0.3, -0.25) is 4.79 Å². The Morgan fingerprint density at radius 2 is 2.00 bits per heavy atom. The summed E-state index contributed by atoms with van der Waals surface area (Å²) in [6.45, 7) is 2.10. The summed E-state index contributed by atoms with van der Waals surface area (Å²) in [7, 11) is 0. The van der Waals surface area contributed by atoms with Crippen molar-refractivity contribution in [1.82, 2.24) is 5.32 Å². The SMILES string of the molecule is C[C@H](CCNC(=O)OCc1ccccc1)C(=O)O. The van der Waals surface area contributed by atoms with Gasteiger partial charge in [0.25, 0.3) is 0 Å². The van der Waals surface area contributed by atoms with E-state index in [4.69, 9.17) is 9.84 Å². The number of benzene rings is 1. The number of carbonyl (C=O) groups excluding carboxylic acids is 1. The third-order valence-corrected chi connectivity index (χ3v) is 2.48. The maximum Gasteiger partial charge on any atom is 0.407 e. The van der Waals surface area contributed by atoms with Crippen molar-refractivity contribution in [3.63, 3.8) is 0 Å². The highest BCUT2D eigenvalue weighted by Gasteiger charge is 2.11. The van der Waals surface area contributed by atoms with E-state index >= 15 is 0 Å². The lowest BCUT2D eigenvalue weighted by Crippen LogP contribution is -2.27. The molecule has 0 aliphatic carbocycles. The zero-order valence-electron chi connectivity index (χ0n) is 10.3. The van der Waals surface area contributed by atoms with Gasteiger partial charge >= 0.3 is 12.1 Å². The van der Waals surface area contributed by atoms with E-state index in [0.717, 1.165) is 5.56 Å². The molecule has 0 aliphatic rings. The van der Waals surface area contributed by atoms with E-state index in [1.54, 1.807) is 6.92 Å². The minimum absolute atomic E-state index is 0.209. The monoisotopic (exact) mass is 251 g/mol. The van der Waals surface area contributed by atoms with Gasteiger partial charge in [-0.05, 0) is 12.0 Å². The predicted octanol–water partition coefficient (Wildman–Crippen LogP) is 2.02. The standard InChI is InChI=1S/C13H17NO4/c1-10(12(15)16)7-8-14-13(17)18-9-11-5-3-2-4-6-11/h2-6,10H,7-9H2,1H3,(H,14,17)(H,15,16)/t10-/m1/s1. The van der Waals surface area contributed by atoms with Crippen LogP contribution in [-0.2, 0) is 16.1 Å². The number of carbonyl (C=O) groups is 2. The third kappa shape index (κ3) is 5.34. The first kappa shape index (κ1) is 14.0. The Morgan fingerprint density at radius 3 is 2.61 bits per heavy atom. The van der Waals surface area contributed by atoms with Gasteiger partial charge in [-0.15, -0.1) is 0 Å². The maximum absolute atomic E-state index is 11.3. The van der Waals surface area contributed by atoms with Crippen LogP contribution in [0.25, 0.3) is 0 Å². The van der Waals surface area contributed by atoms with Crippen molar-refractivity contribution in [3.05, 3.63) is 35.9 Å². The number of aliphatic carboxylic acids is 1. The highest BCUT2D eigenvalue weighted by Crippen LogP contribution is 2.02. The number of carboxylic acid groups (broad SMARTS) is 1. The molecule has 0 saturated heterocycles. The minimum Gasteiger partial charge on any atom is -0.481 e. The maximum atomic E-state index is 11.3. The highest BCUT2D eigenvalue weighted by molar-refractivity contribution is 5.70. The Morgan fingerprint density at radius 1 is 1.33 bits per heavy atom. The van der Waals surface area contributed by atoms with E-state index in [2.05, 4.69) is 5.32 Å². The third-order valence-electron chi connectivity index (χ3n) is 2.48. The van der Waals surface area contributed by atoms with E-state index in [1.165, 1.54) is 0 Å². The lowest BCUT2D eigenvalue weighted by atomic mass is 10.1. The first-order chi connectivity index (χ1) is 8.59. The molecule has 1 amide bonds. The fourth-order valence-corrected chi connectivity index (χ4v) is 1.29. The molecule has 5 heteroatoms. The number of hydrogen-bond acceptors (Lipinski definition) is 3. The average molecular weight is 251 g/mol. The minimum atomic E-state index is -0.866. The summed E-state index contributed by atoms with van der Waals surface area (Å²) >= 11 is 0. The summed E-state index contributed by atoms with van der Waals surface area (Å²) in [5, 5.41) is 11.2. The molecule has 0 fully saturated rings. The summed E-state index contributed by atoms with van der Waals surface area (Å²) in [6, 6.07) is 9.34. The molecule has 0 radical (unpaired) electrons. The Labute approximate surface area is 106 Å². The van der Waals surface area contributed by atoms with Crippen LogP contribution in [0.2, 0.25) is 0 Å². The van der Waals surface area contributed by atoms with Crippen molar-refractivity contribution in [2.45, 2.75) is 20.0 Å². The van der Waals surface area contributed by atoms with Crippen molar-refractivity contribution >= 4 is 12.1 Å². The van der Waals surface area contributed by atoms with Gasteiger partial charge in [-0.25, -0.2) is 4.79 Å². The molecule has 0 heterocycles. The topological polar surface area (TPSA) is 75.6 Å². The van der Waals surface area contributed by atoms with Crippen LogP contribution in [0.5, 0.6) is 0 Å². The second-order valence-corrected chi connectivity index (χ2v) is 4.02. The quantitative estimate of drug-likeness (QED) is 0.811. The number of alkyl carbamates (subject to hydrolysis) is 1. The number of rotatable bonds is 6. The second-order valence-electron chi connectivity index (χ2n) is 4.02. The Kier molecular flexibility index (Phi) is 5.70. The molecular formula is C13H17NO4. The summed E-state index contributed by atoms with van der Waals surface area (Å²) in [5.74, 6) is -1.34. The molecule has 98 valence electrons. The van der Waals surface area contributed by atoms with Crippen molar-refractivity contribution in [2.24, 2.45) is 5.92 Å². The first-order valence-corrected chi connectivity index (χ1v) is 5.77. The van der Waals surface area contributed by atoms with E-state index in [9.17, 15) is 9.59 Å². The summed E-state index contributed by atoms with van der Waals surface area (Å²) in [6.07, 6.45) is -0.146. The first-order valence-electron chi connectivity index (χ1n) is 5.77. The fraction of sp³-hybridized carbons (Fsp3) is 0.385. The van der Waals surface area contributed by atoms with Gasteiger partial charge in [-0.1, -0.05) is 37.3 Å². The van der Waals surface area contributed by atoms with Gasteiger partial charge < -0.3 is 15.2 Å². The number of ether oxygens (including phenoxy) is 1. The van der Waals surface area contributed by atoms with Crippen LogP contribution >= 0.6 is 0 Å². The van der Waals surface area contributed by atoms with Crippen LogP contribution in [0, 0.1) is 5.92 Å². The molecule has 0 unspecified atom stereocenters. The van der Waals surface area contributed by atoms with E-state index < -0.39 is 18.0 Å². The second kappa shape index (κ2) is 7.32. The molecule has 2 N–H and O–H groups in total. The van der Waals surface area contributed by atoms with Crippen LogP contribution in [0.15, 0.2) is 30.3 Å². The van der Waals surface area contributed by atoms with E-state index in [-0.39, 0.29) is 6.61 Å². The molecule has 5 nitrogen and oxygen atoms in total. The molecule has 0 spiro atoms. The summed E-state index contributed by atoms with van der Waals surface area (Å²) < 4.78 is 4.97. The number of carboxylic acids is 1. The van der Waals surface area contributed by atoms with Crippen molar-refractivity contribution in [3.8, 4) is 0 Å². The van der Waals surface area contributed by atoms with Gasteiger partial charge in [0.05, 0.1) is 5.92 Å². The smallest absolute Gasteiger partial charge is 0.407 e. The Bertz CT molecular complexity index is 391. The van der Waals surface area contributed by atoms with Gasteiger partial charge in [0, 0.05) is 6.54 Å². The van der Waals surface area contributed by atoms with Gasteiger partial charge in [0.15, 0.2) is 0 Å². The fourth-order valence-electron chi connectivity index (χ4n) is 1.29. The van der Waals surface area contributed by atoms with Crippen molar-refractivity contribution < 1.29 is 19.4 Å².